The number of aliphatic hydroxyl groups is 1. The van der Waals surface area contributed by atoms with Crippen molar-refractivity contribution in [1.82, 2.24) is 5.32 Å². The topological polar surface area (TPSA) is 41.5 Å². The fraction of sp³-hybridized carbons (Fsp3) is 1.00. The molecule has 1 aliphatic carbocycles. The quantitative estimate of drug-likeness (QED) is 0.668. The standard InChI is InChI=1S/C10H21NO2/c1-10(2,12)7-13-9-4-8(5-9)6-11-3/h8-9,11-12H,4-7H2,1-3H3. The maximum absolute atomic E-state index is 9.42. The predicted molar refractivity (Wildman–Crippen MR) is 52.7 cm³/mol. The maximum Gasteiger partial charge on any atom is 0.0824 e. The molecule has 0 spiro atoms. The Hall–Kier alpha value is -0.120. The van der Waals surface area contributed by atoms with E-state index in [0.29, 0.717) is 12.7 Å². The van der Waals surface area contributed by atoms with Gasteiger partial charge in [0.1, 0.15) is 0 Å². The van der Waals surface area contributed by atoms with Crippen LogP contribution in [0.3, 0.4) is 0 Å². The normalized spacial score (nSPS) is 28.6. The van der Waals surface area contributed by atoms with E-state index >= 15 is 0 Å². The van der Waals surface area contributed by atoms with Crippen molar-refractivity contribution in [1.29, 1.82) is 0 Å². The molecule has 2 N–H and O–H groups in total. The van der Waals surface area contributed by atoms with Crippen LogP contribution in [0.1, 0.15) is 26.7 Å². The van der Waals surface area contributed by atoms with Gasteiger partial charge in [-0.3, -0.25) is 0 Å². The first-order valence-electron chi connectivity index (χ1n) is 5.00. The summed E-state index contributed by atoms with van der Waals surface area (Å²) in [5.41, 5.74) is -0.686. The zero-order valence-corrected chi connectivity index (χ0v) is 8.84. The summed E-state index contributed by atoms with van der Waals surface area (Å²) in [6.45, 7) is 5.08. The second-order valence-electron chi connectivity index (χ2n) is 4.64. The average molecular weight is 187 g/mol. The molecule has 3 heteroatoms. The van der Waals surface area contributed by atoms with Gasteiger partial charge in [-0.25, -0.2) is 0 Å². The highest BCUT2D eigenvalue weighted by molar-refractivity contribution is 4.82. The lowest BCUT2D eigenvalue weighted by Crippen LogP contribution is -2.39. The zero-order valence-electron chi connectivity index (χ0n) is 8.84. The van der Waals surface area contributed by atoms with E-state index in [1.807, 2.05) is 7.05 Å². The fourth-order valence-electron chi connectivity index (χ4n) is 1.59. The van der Waals surface area contributed by atoms with Crippen LogP contribution in [0.2, 0.25) is 0 Å². The average Bonchev–Trinajstić information content (AvgIpc) is 1.91. The summed E-state index contributed by atoms with van der Waals surface area (Å²) in [5.74, 6) is 0.775. The van der Waals surface area contributed by atoms with Crippen LogP contribution in [0, 0.1) is 5.92 Å². The second kappa shape index (κ2) is 4.40. The van der Waals surface area contributed by atoms with Crippen LogP contribution in [0.25, 0.3) is 0 Å². The smallest absolute Gasteiger partial charge is 0.0824 e. The lowest BCUT2D eigenvalue weighted by atomic mass is 9.82. The SMILES string of the molecule is CNCC1CC(OCC(C)(C)O)C1. The minimum atomic E-state index is -0.686. The molecule has 78 valence electrons. The molecule has 1 saturated carbocycles. The first-order valence-corrected chi connectivity index (χ1v) is 5.00. The van der Waals surface area contributed by atoms with Crippen molar-refractivity contribution in [2.45, 2.75) is 38.4 Å². The Labute approximate surface area is 80.5 Å². The van der Waals surface area contributed by atoms with Gasteiger partial charge >= 0.3 is 0 Å². The van der Waals surface area contributed by atoms with Gasteiger partial charge in [-0.2, -0.15) is 0 Å². The highest BCUT2D eigenvalue weighted by Gasteiger charge is 2.30. The van der Waals surface area contributed by atoms with Crippen molar-refractivity contribution < 1.29 is 9.84 Å². The van der Waals surface area contributed by atoms with Crippen molar-refractivity contribution in [3.05, 3.63) is 0 Å². The molecule has 0 saturated heterocycles. The second-order valence-corrected chi connectivity index (χ2v) is 4.64. The molecular formula is C10H21NO2. The molecule has 0 bridgehead atoms. The summed E-state index contributed by atoms with van der Waals surface area (Å²) in [6.07, 6.45) is 2.65. The number of hydrogen-bond acceptors (Lipinski definition) is 3. The Morgan fingerprint density at radius 2 is 2.08 bits per heavy atom. The van der Waals surface area contributed by atoms with Gasteiger partial charge in [0.05, 0.1) is 18.3 Å². The molecule has 0 unspecified atom stereocenters. The Balaban J connectivity index is 2.02. The molecular weight excluding hydrogens is 166 g/mol. The number of hydrogen-bond donors (Lipinski definition) is 2. The van der Waals surface area contributed by atoms with E-state index in [1.54, 1.807) is 13.8 Å². The molecule has 0 aliphatic heterocycles. The fourth-order valence-corrected chi connectivity index (χ4v) is 1.59. The molecule has 1 aliphatic rings. The van der Waals surface area contributed by atoms with Gasteiger partial charge < -0.3 is 15.2 Å². The van der Waals surface area contributed by atoms with Crippen LogP contribution in [0.15, 0.2) is 0 Å². The Bertz CT molecular complexity index is 147. The van der Waals surface area contributed by atoms with Crippen LogP contribution >= 0.6 is 0 Å². The van der Waals surface area contributed by atoms with Gasteiger partial charge in [0.2, 0.25) is 0 Å². The van der Waals surface area contributed by atoms with E-state index in [4.69, 9.17) is 4.74 Å². The van der Waals surface area contributed by atoms with Gasteiger partial charge in [0, 0.05) is 0 Å². The summed E-state index contributed by atoms with van der Waals surface area (Å²) in [5, 5.41) is 12.6. The van der Waals surface area contributed by atoms with Crippen LogP contribution in [0.4, 0.5) is 0 Å². The molecule has 3 nitrogen and oxygen atoms in total. The molecule has 1 fully saturated rings. The van der Waals surface area contributed by atoms with Gasteiger partial charge in [0.15, 0.2) is 0 Å². The molecule has 0 amide bonds. The van der Waals surface area contributed by atoms with Crippen molar-refractivity contribution >= 4 is 0 Å². The van der Waals surface area contributed by atoms with Crippen molar-refractivity contribution in [2.75, 3.05) is 20.2 Å². The minimum Gasteiger partial charge on any atom is -0.388 e. The first kappa shape index (κ1) is 11.0. The molecule has 0 radical (unpaired) electrons. The van der Waals surface area contributed by atoms with Crippen LogP contribution < -0.4 is 5.32 Å². The molecule has 0 aromatic rings. The van der Waals surface area contributed by atoms with Crippen molar-refractivity contribution in [3.63, 3.8) is 0 Å². The maximum atomic E-state index is 9.42. The van der Waals surface area contributed by atoms with E-state index in [2.05, 4.69) is 5.32 Å². The zero-order chi connectivity index (χ0) is 9.90. The molecule has 0 aromatic heterocycles. The summed E-state index contributed by atoms with van der Waals surface area (Å²) < 4.78 is 5.54. The van der Waals surface area contributed by atoms with Gasteiger partial charge in [-0.15, -0.1) is 0 Å². The number of ether oxygens (including phenoxy) is 1. The molecule has 0 atom stereocenters. The third-order valence-corrected chi connectivity index (χ3v) is 2.36. The highest BCUT2D eigenvalue weighted by atomic mass is 16.5. The van der Waals surface area contributed by atoms with Gasteiger partial charge in [0.25, 0.3) is 0 Å². The van der Waals surface area contributed by atoms with Crippen molar-refractivity contribution in [3.8, 4) is 0 Å². The number of rotatable bonds is 5. The predicted octanol–water partition coefficient (Wildman–Crippen LogP) is 0.772. The lowest BCUT2D eigenvalue weighted by molar-refractivity contribution is -0.0914. The van der Waals surface area contributed by atoms with Crippen LogP contribution in [-0.4, -0.2) is 37.0 Å². The molecule has 0 aromatic carbocycles. The summed E-state index contributed by atoms with van der Waals surface area (Å²) in [6, 6.07) is 0. The van der Waals surface area contributed by atoms with E-state index < -0.39 is 5.60 Å². The molecule has 0 heterocycles. The molecule has 13 heavy (non-hydrogen) atoms. The lowest BCUT2D eigenvalue weighted by Gasteiger charge is -2.36. The van der Waals surface area contributed by atoms with Crippen LogP contribution in [-0.2, 0) is 4.74 Å². The van der Waals surface area contributed by atoms with E-state index in [-0.39, 0.29) is 0 Å². The summed E-state index contributed by atoms with van der Waals surface area (Å²) in [4.78, 5) is 0. The van der Waals surface area contributed by atoms with Crippen molar-refractivity contribution in [2.24, 2.45) is 5.92 Å². The van der Waals surface area contributed by atoms with Crippen LogP contribution in [0.5, 0.6) is 0 Å². The van der Waals surface area contributed by atoms with E-state index in [0.717, 1.165) is 25.3 Å². The summed E-state index contributed by atoms with van der Waals surface area (Å²) >= 11 is 0. The highest BCUT2D eigenvalue weighted by Crippen LogP contribution is 2.29. The third kappa shape index (κ3) is 4.07. The minimum absolute atomic E-state index is 0.379. The largest absolute Gasteiger partial charge is 0.388 e. The van der Waals surface area contributed by atoms with E-state index in [1.165, 1.54) is 0 Å². The molecule has 1 rings (SSSR count). The third-order valence-electron chi connectivity index (χ3n) is 2.36. The van der Waals surface area contributed by atoms with Gasteiger partial charge in [-0.05, 0) is 46.2 Å². The Morgan fingerprint density at radius 3 is 2.54 bits per heavy atom. The summed E-state index contributed by atoms with van der Waals surface area (Å²) in [7, 11) is 1.98. The monoisotopic (exact) mass is 187 g/mol. The Kier molecular flexibility index (Phi) is 3.71. The van der Waals surface area contributed by atoms with Gasteiger partial charge in [-0.1, -0.05) is 0 Å². The number of nitrogens with one attached hydrogen (secondary N) is 1. The van der Waals surface area contributed by atoms with E-state index in [9.17, 15) is 5.11 Å². The first-order chi connectivity index (χ1) is 6.01. The Morgan fingerprint density at radius 1 is 1.46 bits per heavy atom.